The fraction of sp³-hybridized carbons (Fsp3) is 0.300. The van der Waals surface area contributed by atoms with E-state index in [4.69, 9.17) is 38.4 Å². The van der Waals surface area contributed by atoms with E-state index < -0.39 is 5.91 Å². The van der Waals surface area contributed by atoms with Gasteiger partial charge in [-0.3, -0.25) is 9.59 Å². The van der Waals surface area contributed by atoms with Gasteiger partial charge < -0.3 is 20.5 Å². The molecule has 2 amide bonds. The number of ether oxygens (including phenoxy) is 2. The molecule has 0 aliphatic carbocycles. The Balaban J connectivity index is 2.39. The predicted molar refractivity (Wildman–Crippen MR) is 111 cm³/mol. The molecule has 0 aromatic heterocycles. The van der Waals surface area contributed by atoms with E-state index in [-0.39, 0.29) is 34.6 Å². The number of aryl methyl sites for hydroxylation is 1. The predicted octanol–water partition coefficient (Wildman–Crippen LogP) is 4.24. The maximum absolute atomic E-state index is 12.9. The van der Waals surface area contributed by atoms with Crippen LogP contribution in [0.25, 0.3) is 0 Å². The number of rotatable bonds is 8. The van der Waals surface area contributed by atoms with E-state index in [2.05, 4.69) is 5.32 Å². The number of anilines is 1. The lowest BCUT2D eigenvalue weighted by atomic mass is 10.0. The summed E-state index contributed by atoms with van der Waals surface area (Å²) < 4.78 is 10.5. The van der Waals surface area contributed by atoms with Crippen LogP contribution >= 0.6 is 23.2 Å². The Hall–Kier alpha value is -2.44. The lowest BCUT2D eigenvalue weighted by Crippen LogP contribution is -2.20. The molecule has 2 aromatic rings. The van der Waals surface area contributed by atoms with E-state index in [9.17, 15) is 9.59 Å². The Kier molecular flexibility index (Phi) is 7.54. The number of nitrogens with two attached hydrogens (primary N) is 1. The Morgan fingerprint density at radius 2 is 1.82 bits per heavy atom. The van der Waals surface area contributed by atoms with Crippen molar-refractivity contribution in [1.82, 2.24) is 0 Å². The molecule has 6 nitrogen and oxygen atoms in total. The molecule has 0 radical (unpaired) electrons. The highest BCUT2D eigenvalue weighted by molar-refractivity contribution is 6.33. The van der Waals surface area contributed by atoms with Gasteiger partial charge in [0, 0.05) is 16.3 Å². The molecule has 0 atom stereocenters. The SMILES string of the molecule is CCc1ccc(Cl)c(CC)c1NC(=O)c1cc(Cl)c(OCC(N)=O)c(OC)c1. The van der Waals surface area contributed by atoms with Crippen LogP contribution in [-0.2, 0) is 17.6 Å². The largest absolute Gasteiger partial charge is 0.493 e. The van der Waals surface area contributed by atoms with Gasteiger partial charge in [0.25, 0.3) is 11.8 Å². The highest BCUT2D eigenvalue weighted by Crippen LogP contribution is 2.37. The number of hydrogen-bond acceptors (Lipinski definition) is 4. The number of carbonyl (C=O) groups is 2. The lowest BCUT2D eigenvalue weighted by molar-refractivity contribution is -0.119. The van der Waals surface area contributed by atoms with Crippen molar-refractivity contribution in [3.8, 4) is 11.5 Å². The van der Waals surface area contributed by atoms with Crippen molar-refractivity contribution in [1.29, 1.82) is 0 Å². The van der Waals surface area contributed by atoms with E-state index >= 15 is 0 Å². The van der Waals surface area contributed by atoms with Crippen LogP contribution in [0.1, 0.15) is 35.3 Å². The Bertz CT molecular complexity index is 900. The van der Waals surface area contributed by atoms with Crippen LogP contribution in [0.2, 0.25) is 10.0 Å². The van der Waals surface area contributed by atoms with Crippen LogP contribution in [0.15, 0.2) is 24.3 Å². The molecule has 0 heterocycles. The van der Waals surface area contributed by atoms with Gasteiger partial charge >= 0.3 is 0 Å². The average molecular weight is 425 g/mol. The summed E-state index contributed by atoms with van der Waals surface area (Å²) in [4.78, 5) is 23.8. The second-order valence-electron chi connectivity index (χ2n) is 5.97. The van der Waals surface area contributed by atoms with Gasteiger partial charge in [0.05, 0.1) is 12.1 Å². The van der Waals surface area contributed by atoms with Gasteiger partial charge in [0.2, 0.25) is 0 Å². The summed E-state index contributed by atoms with van der Waals surface area (Å²) in [5, 5.41) is 3.66. The molecule has 0 spiro atoms. The zero-order valence-electron chi connectivity index (χ0n) is 15.9. The number of benzene rings is 2. The summed E-state index contributed by atoms with van der Waals surface area (Å²) in [5.74, 6) is -0.657. The standard InChI is InChI=1S/C20H22Cl2N2O4/c1-4-11-6-7-14(21)13(5-2)18(11)24-20(26)12-8-15(22)19(16(9-12)27-3)28-10-17(23)25/h6-9H,4-5,10H2,1-3H3,(H2,23,25)(H,24,26). The minimum atomic E-state index is -0.653. The molecular weight excluding hydrogens is 403 g/mol. The molecule has 0 fully saturated rings. The topological polar surface area (TPSA) is 90.6 Å². The number of methoxy groups -OCH3 is 1. The van der Waals surface area contributed by atoms with Crippen molar-refractivity contribution >= 4 is 40.7 Å². The third-order valence-electron chi connectivity index (χ3n) is 4.17. The maximum atomic E-state index is 12.9. The van der Waals surface area contributed by atoms with E-state index in [0.29, 0.717) is 17.1 Å². The zero-order chi connectivity index (χ0) is 20.8. The smallest absolute Gasteiger partial charge is 0.255 e. The first-order valence-corrected chi connectivity index (χ1v) is 9.48. The molecule has 0 aliphatic heterocycles. The van der Waals surface area contributed by atoms with Crippen molar-refractivity contribution in [2.75, 3.05) is 19.0 Å². The van der Waals surface area contributed by atoms with Gasteiger partial charge in [-0.1, -0.05) is 43.1 Å². The van der Waals surface area contributed by atoms with E-state index in [1.165, 1.54) is 19.2 Å². The van der Waals surface area contributed by atoms with Crippen molar-refractivity contribution in [2.24, 2.45) is 5.73 Å². The van der Waals surface area contributed by atoms with Crippen LogP contribution < -0.4 is 20.5 Å². The number of hydrogen-bond donors (Lipinski definition) is 2. The third kappa shape index (κ3) is 4.88. The number of primary amides is 1. The summed E-state index contributed by atoms with van der Waals surface area (Å²) in [6.07, 6.45) is 1.41. The summed E-state index contributed by atoms with van der Waals surface area (Å²) >= 11 is 12.5. The first kappa shape index (κ1) is 21.9. The molecule has 3 N–H and O–H groups in total. The minimum Gasteiger partial charge on any atom is -0.493 e. The first-order chi connectivity index (χ1) is 13.3. The summed E-state index contributed by atoms with van der Waals surface area (Å²) in [6, 6.07) is 6.65. The summed E-state index contributed by atoms with van der Waals surface area (Å²) in [7, 11) is 1.41. The highest BCUT2D eigenvalue weighted by atomic mass is 35.5. The van der Waals surface area contributed by atoms with Crippen LogP contribution in [0.4, 0.5) is 5.69 Å². The fourth-order valence-electron chi connectivity index (χ4n) is 2.79. The Morgan fingerprint density at radius 3 is 2.39 bits per heavy atom. The molecule has 8 heteroatoms. The van der Waals surface area contributed by atoms with Gasteiger partial charge in [-0.25, -0.2) is 0 Å². The molecular formula is C20H22Cl2N2O4. The van der Waals surface area contributed by atoms with E-state index in [1.807, 2.05) is 26.0 Å². The third-order valence-corrected chi connectivity index (χ3v) is 4.80. The number of carbonyl (C=O) groups excluding carboxylic acids is 2. The van der Waals surface area contributed by atoms with Crippen molar-refractivity contribution < 1.29 is 19.1 Å². The Morgan fingerprint density at radius 1 is 1.11 bits per heavy atom. The van der Waals surface area contributed by atoms with E-state index in [0.717, 1.165) is 17.5 Å². The van der Waals surface area contributed by atoms with Gasteiger partial charge in [-0.2, -0.15) is 0 Å². The normalized spacial score (nSPS) is 10.5. The van der Waals surface area contributed by atoms with Gasteiger partial charge in [-0.05, 0) is 42.2 Å². The molecule has 2 rings (SSSR count). The molecule has 0 saturated carbocycles. The number of nitrogens with one attached hydrogen (secondary N) is 1. The van der Waals surface area contributed by atoms with Crippen LogP contribution in [0.5, 0.6) is 11.5 Å². The van der Waals surface area contributed by atoms with Crippen molar-refractivity contribution in [3.63, 3.8) is 0 Å². The number of amides is 2. The van der Waals surface area contributed by atoms with Crippen LogP contribution in [0.3, 0.4) is 0 Å². The number of halogens is 2. The maximum Gasteiger partial charge on any atom is 0.255 e. The molecule has 2 aromatic carbocycles. The fourth-order valence-corrected chi connectivity index (χ4v) is 3.34. The molecule has 28 heavy (non-hydrogen) atoms. The van der Waals surface area contributed by atoms with Crippen LogP contribution in [0, 0.1) is 0 Å². The average Bonchev–Trinajstić information content (AvgIpc) is 2.66. The highest BCUT2D eigenvalue weighted by Gasteiger charge is 2.19. The summed E-state index contributed by atoms with van der Waals surface area (Å²) in [5.41, 5.74) is 7.92. The zero-order valence-corrected chi connectivity index (χ0v) is 17.4. The minimum absolute atomic E-state index is 0.128. The monoisotopic (exact) mass is 424 g/mol. The Labute approximate surface area is 173 Å². The molecule has 0 unspecified atom stereocenters. The quantitative estimate of drug-likeness (QED) is 0.662. The van der Waals surface area contributed by atoms with Crippen molar-refractivity contribution in [2.45, 2.75) is 26.7 Å². The molecule has 0 bridgehead atoms. The van der Waals surface area contributed by atoms with Crippen LogP contribution in [-0.4, -0.2) is 25.5 Å². The summed E-state index contributed by atoms with van der Waals surface area (Å²) in [6.45, 7) is 3.62. The van der Waals surface area contributed by atoms with E-state index in [1.54, 1.807) is 0 Å². The van der Waals surface area contributed by atoms with Gasteiger partial charge in [0.15, 0.2) is 18.1 Å². The second kappa shape index (κ2) is 9.66. The molecule has 0 aliphatic rings. The lowest BCUT2D eigenvalue weighted by Gasteiger charge is -2.17. The van der Waals surface area contributed by atoms with Gasteiger partial charge in [-0.15, -0.1) is 0 Å². The first-order valence-electron chi connectivity index (χ1n) is 8.72. The van der Waals surface area contributed by atoms with Crippen molar-refractivity contribution in [3.05, 3.63) is 51.0 Å². The molecule has 0 saturated heterocycles. The molecule has 150 valence electrons. The van der Waals surface area contributed by atoms with Gasteiger partial charge in [0.1, 0.15) is 0 Å². The second-order valence-corrected chi connectivity index (χ2v) is 6.78.